The van der Waals surface area contributed by atoms with Crippen LogP contribution in [0.1, 0.15) is 127 Å². The van der Waals surface area contributed by atoms with Crippen molar-refractivity contribution in [2.24, 2.45) is 9.98 Å². The van der Waals surface area contributed by atoms with E-state index < -0.39 is 0 Å². The van der Waals surface area contributed by atoms with Crippen molar-refractivity contribution in [3.8, 4) is 0 Å². The number of aromatic nitrogens is 1. The quantitative estimate of drug-likeness (QED) is 0.321. The molecule has 3 rings (SSSR count). The van der Waals surface area contributed by atoms with Crippen molar-refractivity contribution in [1.82, 2.24) is 4.98 Å². The minimum absolute atomic E-state index is 0. The van der Waals surface area contributed by atoms with Gasteiger partial charge in [0.25, 0.3) is 0 Å². The van der Waals surface area contributed by atoms with Gasteiger partial charge in [-0.05, 0) is 71.9 Å². The van der Waals surface area contributed by atoms with Crippen LogP contribution in [0.5, 0.6) is 0 Å². The van der Waals surface area contributed by atoms with E-state index in [9.17, 15) is 0 Å². The monoisotopic (exact) mass is 762 g/mol. The Labute approximate surface area is 304 Å². The molecule has 0 bridgehead atoms. The molecule has 2 aromatic carbocycles. The molecule has 0 saturated heterocycles. The average Bonchev–Trinajstić information content (AvgIpc) is 2.83. The van der Waals surface area contributed by atoms with Gasteiger partial charge < -0.3 is 37.2 Å². The number of pyridine rings is 1. The predicted molar refractivity (Wildman–Crippen MR) is 162 cm³/mol. The second-order valence-electron chi connectivity index (χ2n) is 11.1. The number of halogens is 4. The van der Waals surface area contributed by atoms with Crippen LogP contribution < -0.4 is 37.2 Å². The SMILES string of the molecule is CC(=Nc1c(C(C)C)cccc1C(C)C)c1cc(Cl)cc(C(C)=Nc2c(C(C)C)cccc2C(C)C)n1.[Cl-].[Cl-].[Cl-].[Nd+3]. The van der Waals surface area contributed by atoms with Crippen LogP contribution in [0.15, 0.2) is 58.5 Å². The van der Waals surface area contributed by atoms with Crippen LogP contribution >= 0.6 is 11.6 Å². The maximum atomic E-state index is 6.62. The number of hydrogen-bond donors (Lipinski definition) is 0. The first-order valence-corrected chi connectivity index (χ1v) is 13.8. The molecule has 0 aliphatic rings. The summed E-state index contributed by atoms with van der Waals surface area (Å²) in [6, 6.07) is 16.8. The molecule has 1 heterocycles. The van der Waals surface area contributed by atoms with Gasteiger partial charge >= 0.3 is 40.8 Å². The molecular formula is C33H42Cl4N3Nd. The van der Waals surface area contributed by atoms with E-state index in [1.54, 1.807) is 0 Å². The van der Waals surface area contributed by atoms with Crippen LogP contribution in [0.2, 0.25) is 5.02 Å². The molecule has 3 aromatic rings. The number of para-hydroxylation sites is 2. The molecule has 0 aliphatic heterocycles. The third kappa shape index (κ3) is 10.8. The van der Waals surface area contributed by atoms with E-state index >= 15 is 0 Å². The summed E-state index contributed by atoms with van der Waals surface area (Å²) < 4.78 is 0. The number of hydrogen-bond acceptors (Lipinski definition) is 3. The van der Waals surface area contributed by atoms with Crippen LogP contribution in [0.25, 0.3) is 0 Å². The van der Waals surface area contributed by atoms with Crippen molar-refractivity contribution >= 4 is 34.4 Å². The van der Waals surface area contributed by atoms with Crippen LogP contribution in [-0.4, -0.2) is 16.4 Å². The van der Waals surface area contributed by atoms with Crippen molar-refractivity contribution in [2.45, 2.75) is 92.9 Å². The Bertz CT molecular complexity index is 1180. The van der Waals surface area contributed by atoms with E-state index in [0.717, 1.165) is 34.2 Å². The number of aliphatic imine (C=N–C) groups is 2. The van der Waals surface area contributed by atoms with Gasteiger partial charge in [0.15, 0.2) is 0 Å². The number of nitrogens with zero attached hydrogens (tertiary/aromatic N) is 3. The van der Waals surface area contributed by atoms with Gasteiger partial charge in [-0.2, -0.15) is 0 Å². The van der Waals surface area contributed by atoms with Crippen molar-refractivity contribution in [3.05, 3.63) is 87.2 Å². The summed E-state index contributed by atoms with van der Waals surface area (Å²) in [5.74, 6) is 1.50. The Balaban J connectivity index is 0. The summed E-state index contributed by atoms with van der Waals surface area (Å²) in [5.41, 5.74) is 10.3. The maximum absolute atomic E-state index is 6.62. The van der Waals surface area contributed by atoms with Gasteiger partial charge in [-0.15, -0.1) is 0 Å². The molecule has 8 heteroatoms. The number of rotatable bonds is 8. The average molecular weight is 767 g/mol. The summed E-state index contributed by atoms with van der Waals surface area (Å²) in [6.45, 7) is 21.7. The third-order valence-electron chi connectivity index (χ3n) is 6.78. The summed E-state index contributed by atoms with van der Waals surface area (Å²) in [7, 11) is 0. The Hall–Kier alpha value is -0.559. The van der Waals surface area contributed by atoms with E-state index in [2.05, 4.69) is 91.8 Å². The second kappa shape index (κ2) is 19.0. The van der Waals surface area contributed by atoms with E-state index in [-0.39, 0.29) is 78.1 Å². The largest absolute Gasteiger partial charge is 3.00 e. The van der Waals surface area contributed by atoms with Gasteiger partial charge in [-0.25, -0.2) is 4.98 Å². The van der Waals surface area contributed by atoms with E-state index in [4.69, 9.17) is 26.6 Å². The van der Waals surface area contributed by atoms with Crippen molar-refractivity contribution in [3.63, 3.8) is 0 Å². The Morgan fingerprint density at radius 1 is 0.585 bits per heavy atom. The molecule has 1 aromatic heterocycles. The first-order chi connectivity index (χ1) is 17.4. The van der Waals surface area contributed by atoms with Gasteiger partial charge in [0.1, 0.15) is 0 Å². The Kier molecular flexibility index (Phi) is 19.7. The molecule has 221 valence electrons. The molecule has 0 unspecified atom stereocenters. The van der Waals surface area contributed by atoms with Gasteiger partial charge in [-0.3, -0.25) is 9.98 Å². The summed E-state index contributed by atoms with van der Waals surface area (Å²) >= 11 is 6.62. The molecule has 3 nitrogen and oxygen atoms in total. The van der Waals surface area contributed by atoms with Gasteiger partial charge in [-0.1, -0.05) is 103 Å². The zero-order valence-corrected chi connectivity index (χ0v) is 32.0. The molecule has 0 saturated carbocycles. The van der Waals surface area contributed by atoms with E-state index in [1.165, 1.54) is 22.3 Å². The standard InChI is InChI=1S/C33H42ClN3.3ClH.Nd/c1-19(2)26-13-11-14-27(20(3)4)32(26)35-23(9)30-17-25(34)18-31(37-30)24(10)36-33-28(21(5)6)15-12-16-29(33)22(7)8;;;;/h11-22H,1-10H3;3*1H;/q;;;;+3/p-3. The second-order valence-corrected chi connectivity index (χ2v) is 11.6. The zero-order valence-electron chi connectivity index (χ0n) is 25.8. The van der Waals surface area contributed by atoms with Gasteiger partial charge in [0.05, 0.1) is 34.2 Å². The zero-order chi connectivity index (χ0) is 27.4. The van der Waals surface area contributed by atoms with Crippen molar-refractivity contribution in [2.75, 3.05) is 0 Å². The van der Waals surface area contributed by atoms with Crippen molar-refractivity contribution < 1.29 is 78.1 Å². The van der Waals surface area contributed by atoms with Gasteiger partial charge in [0, 0.05) is 5.02 Å². The molecule has 0 N–H and O–H groups in total. The molecule has 41 heavy (non-hydrogen) atoms. The molecule has 0 amide bonds. The van der Waals surface area contributed by atoms with Crippen LogP contribution in [-0.2, 0) is 0 Å². The smallest absolute Gasteiger partial charge is 1.00 e. The van der Waals surface area contributed by atoms with Crippen molar-refractivity contribution in [1.29, 1.82) is 0 Å². The van der Waals surface area contributed by atoms with E-state index in [1.807, 2.05) is 26.0 Å². The first kappa shape index (κ1) is 42.6. The molecule has 0 aliphatic carbocycles. The molecule has 1 radical (unpaired) electrons. The van der Waals surface area contributed by atoms with Crippen LogP contribution in [0.3, 0.4) is 0 Å². The topological polar surface area (TPSA) is 37.6 Å². The summed E-state index contributed by atoms with van der Waals surface area (Å²) in [4.78, 5) is 15.2. The third-order valence-corrected chi connectivity index (χ3v) is 6.99. The molecule has 0 fully saturated rings. The van der Waals surface area contributed by atoms with Crippen LogP contribution in [0.4, 0.5) is 11.4 Å². The first-order valence-electron chi connectivity index (χ1n) is 13.4. The molecule has 0 atom stereocenters. The maximum Gasteiger partial charge on any atom is 3.00 e. The summed E-state index contributed by atoms with van der Waals surface area (Å²) in [5, 5.41) is 0.631. The fourth-order valence-corrected chi connectivity index (χ4v) is 4.81. The molecular weight excluding hydrogens is 724 g/mol. The van der Waals surface area contributed by atoms with Gasteiger partial charge in [0.2, 0.25) is 0 Å². The number of benzene rings is 2. The molecule has 0 spiro atoms. The Morgan fingerprint density at radius 2 is 0.854 bits per heavy atom. The van der Waals surface area contributed by atoms with E-state index in [0.29, 0.717) is 28.7 Å². The van der Waals surface area contributed by atoms with Crippen LogP contribution in [0, 0.1) is 40.8 Å². The Morgan fingerprint density at radius 3 is 1.10 bits per heavy atom. The predicted octanol–water partition coefficient (Wildman–Crippen LogP) is 1.52. The fraction of sp³-hybridized carbons (Fsp3) is 0.424. The minimum Gasteiger partial charge on any atom is -1.00 e. The normalized spacial score (nSPS) is 11.7. The minimum atomic E-state index is 0. The summed E-state index contributed by atoms with van der Waals surface area (Å²) in [6.07, 6.45) is 0. The fourth-order valence-electron chi connectivity index (χ4n) is 4.60.